The molecule has 2 N–H and O–H groups in total. The predicted octanol–water partition coefficient (Wildman–Crippen LogP) is 2.78. The number of rotatable bonds is 6. The van der Waals surface area contributed by atoms with E-state index in [1.54, 1.807) is 14.2 Å². The fourth-order valence-electron chi connectivity index (χ4n) is 2.67. The molecule has 1 atom stereocenters. The van der Waals surface area contributed by atoms with Crippen LogP contribution in [0.2, 0.25) is 0 Å². The summed E-state index contributed by atoms with van der Waals surface area (Å²) in [4.78, 5) is 0. The number of halogens is 1. The highest BCUT2D eigenvalue weighted by Gasteiger charge is 2.15. The number of nitrogens with one attached hydrogen (secondary N) is 2. The molecule has 4 nitrogen and oxygen atoms in total. The average molecular weight is 315 g/mol. The van der Waals surface area contributed by atoms with E-state index in [1.165, 1.54) is 18.4 Å². The van der Waals surface area contributed by atoms with Gasteiger partial charge in [-0.1, -0.05) is 6.07 Å². The van der Waals surface area contributed by atoms with Crippen LogP contribution < -0.4 is 20.1 Å². The first-order chi connectivity index (χ1) is 9.74. The third-order valence-corrected chi connectivity index (χ3v) is 4.08. The van der Waals surface area contributed by atoms with Crippen molar-refractivity contribution in [1.82, 2.24) is 10.6 Å². The number of hydrogen-bond donors (Lipinski definition) is 2. The normalized spacial score (nSPS) is 16.9. The van der Waals surface area contributed by atoms with Crippen LogP contribution >= 0.6 is 12.4 Å². The molecule has 1 heterocycles. The summed E-state index contributed by atoms with van der Waals surface area (Å²) in [5.41, 5.74) is 1.23. The van der Waals surface area contributed by atoms with E-state index in [9.17, 15) is 0 Å². The van der Waals surface area contributed by atoms with E-state index in [4.69, 9.17) is 9.47 Å². The maximum absolute atomic E-state index is 5.36. The molecular weight excluding hydrogens is 288 g/mol. The number of ether oxygens (including phenoxy) is 2. The van der Waals surface area contributed by atoms with Crippen LogP contribution in [0.15, 0.2) is 18.2 Å². The van der Waals surface area contributed by atoms with Gasteiger partial charge in [0.1, 0.15) is 0 Å². The van der Waals surface area contributed by atoms with Gasteiger partial charge >= 0.3 is 0 Å². The van der Waals surface area contributed by atoms with Gasteiger partial charge in [-0.3, -0.25) is 0 Å². The molecule has 2 rings (SSSR count). The van der Waals surface area contributed by atoms with Crippen molar-refractivity contribution in [3.63, 3.8) is 0 Å². The van der Waals surface area contributed by atoms with Crippen molar-refractivity contribution in [2.45, 2.75) is 25.8 Å². The lowest BCUT2D eigenvalue weighted by Gasteiger charge is -2.25. The first-order valence-electron chi connectivity index (χ1n) is 7.40. The molecule has 1 saturated heterocycles. The Labute approximate surface area is 134 Å². The molecule has 1 unspecified atom stereocenters. The molecule has 1 aromatic rings. The fourth-order valence-corrected chi connectivity index (χ4v) is 2.67. The Hall–Kier alpha value is -0.970. The van der Waals surface area contributed by atoms with Crippen molar-refractivity contribution in [1.29, 1.82) is 0 Å². The maximum Gasteiger partial charge on any atom is 0.161 e. The molecule has 0 bridgehead atoms. The highest BCUT2D eigenvalue weighted by atomic mass is 35.5. The van der Waals surface area contributed by atoms with Crippen LogP contribution in [0.4, 0.5) is 0 Å². The van der Waals surface area contributed by atoms with Crippen LogP contribution in [0, 0.1) is 5.92 Å². The second-order valence-electron chi connectivity index (χ2n) is 5.44. The zero-order valence-electron chi connectivity index (χ0n) is 13.1. The summed E-state index contributed by atoms with van der Waals surface area (Å²) in [7, 11) is 3.34. The molecule has 0 aliphatic carbocycles. The minimum Gasteiger partial charge on any atom is -0.493 e. The van der Waals surface area contributed by atoms with Crippen molar-refractivity contribution in [3.05, 3.63) is 23.8 Å². The van der Waals surface area contributed by atoms with Gasteiger partial charge in [0.25, 0.3) is 0 Å². The second-order valence-corrected chi connectivity index (χ2v) is 5.44. The molecule has 1 aliphatic rings. The van der Waals surface area contributed by atoms with E-state index >= 15 is 0 Å². The summed E-state index contributed by atoms with van der Waals surface area (Å²) in [5.74, 6) is 2.36. The Bertz CT molecular complexity index is 423. The average Bonchev–Trinajstić information content (AvgIpc) is 2.52. The van der Waals surface area contributed by atoms with Gasteiger partial charge in [-0.2, -0.15) is 0 Å². The minimum absolute atomic E-state index is 0. The monoisotopic (exact) mass is 314 g/mol. The number of benzene rings is 1. The largest absolute Gasteiger partial charge is 0.493 e. The first-order valence-corrected chi connectivity index (χ1v) is 7.40. The molecule has 0 spiro atoms. The Morgan fingerprint density at radius 3 is 2.48 bits per heavy atom. The summed E-state index contributed by atoms with van der Waals surface area (Å²) in [5, 5.41) is 7.04. The Morgan fingerprint density at radius 1 is 1.19 bits per heavy atom. The zero-order valence-corrected chi connectivity index (χ0v) is 14.0. The van der Waals surface area contributed by atoms with E-state index in [0.717, 1.165) is 37.1 Å². The van der Waals surface area contributed by atoms with E-state index in [2.05, 4.69) is 29.7 Å². The van der Waals surface area contributed by atoms with Crippen LogP contribution in [0.1, 0.15) is 31.4 Å². The van der Waals surface area contributed by atoms with Gasteiger partial charge in [0.05, 0.1) is 14.2 Å². The van der Waals surface area contributed by atoms with Gasteiger partial charge in [-0.15, -0.1) is 12.4 Å². The summed E-state index contributed by atoms with van der Waals surface area (Å²) in [6.07, 6.45) is 2.54. The Kier molecular flexibility index (Phi) is 7.86. The number of piperidine rings is 1. The van der Waals surface area contributed by atoms with Crippen molar-refractivity contribution in [2.24, 2.45) is 5.92 Å². The van der Waals surface area contributed by atoms with Gasteiger partial charge in [-0.05, 0) is 63.0 Å². The minimum atomic E-state index is 0. The first kappa shape index (κ1) is 18.1. The lowest BCUT2D eigenvalue weighted by molar-refractivity contribution is 0.342. The second kappa shape index (κ2) is 9.13. The smallest absolute Gasteiger partial charge is 0.161 e. The van der Waals surface area contributed by atoms with Crippen molar-refractivity contribution in [3.8, 4) is 11.5 Å². The van der Waals surface area contributed by atoms with Crippen molar-refractivity contribution in [2.75, 3.05) is 33.9 Å². The Morgan fingerprint density at radius 2 is 1.86 bits per heavy atom. The lowest BCUT2D eigenvalue weighted by atomic mass is 9.97. The number of methoxy groups -OCH3 is 2. The summed E-state index contributed by atoms with van der Waals surface area (Å²) in [6.45, 7) is 5.58. The van der Waals surface area contributed by atoms with Gasteiger partial charge in [0, 0.05) is 6.04 Å². The molecule has 0 radical (unpaired) electrons. The topological polar surface area (TPSA) is 42.5 Å². The third-order valence-electron chi connectivity index (χ3n) is 4.08. The molecule has 0 saturated carbocycles. The predicted molar refractivity (Wildman–Crippen MR) is 88.8 cm³/mol. The lowest BCUT2D eigenvalue weighted by Crippen LogP contribution is -2.34. The SMILES string of the molecule is COc1ccc(C(C)NCC2CCNCC2)cc1OC.Cl. The summed E-state index contributed by atoms with van der Waals surface area (Å²) in [6, 6.07) is 6.45. The molecule has 1 fully saturated rings. The maximum atomic E-state index is 5.36. The van der Waals surface area contributed by atoms with Gasteiger partial charge in [-0.25, -0.2) is 0 Å². The quantitative estimate of drug-likeness (QED) is 0.847. The van der Waals surface area contributed by atoms with E-state index < -0.39 is 0 Å². The van der Waals surface area contributed by atoms with Crippen LogP contribution in [-0.2, 0) is 0 Å². The summed E-state index contributed by atoms with van der Waals surface area (Å²) < 4.78 is 10.6. The fraction of sp³-hybridized carbons (Fsp3) is 0.625. The number of hydrogen-bond acceptors (Lipinski definition) is 4. The molecule has 21 heavy (non-hydrogen) atoms. The third kappa shape index (κ3) is 5.06. The van der Waals surface area contributed by atoms with Gasteiger partial charge in [0.15, 0.2) is 11.5 Å². The van der Waals surface area contributed by atoms with Crippen LogP contribution in [-0.4, -0.2) is 33.9 Å². The molecule has 1 aliphatic heterocycles. The van der Waals surface area contributed by atoms with Crippen LogP contribution in [0.25, 0.3) is 0 Å². The molecule has 0 amide bonds. The summed E-state index contributed by atoms with van der Waals surface area (Å²) >= 11 is 0. The Balaban J connectivity index is 0.00000220. The van der Waals surface area contributed by atoms with Gasteiger partial charge < -0.3 is 20.1 Å². The molecule has 5 heteroatoms. The molecule has 0 aromatic heterocycles. The van der Waals surface area contributed by atoms with E-state index in [0.29, 0.717) is 6.04 Å². The highest BCUT2D eigenvalue weighted by Crippen LogP contribution is 2.30. The van der Waals surface area contributed by atoms with Crippen molar-refractivity contribution < 1.29 is 9.47 Å². The van der Waals surface area contributed by atoms with E-state index in [1.807, 2.05) is 6.07 Å². The highest BCUT2D eigenvalue weighted by molar-refractivity contribution is 5.85. The van der Waals surface area contributed by atoms with E-state index in [-0.39, 0.29) is 12.4 Å². The standard InChI is InChI=1S/C16H26N2O2.ClH/c1-12(18-11-13-6-8-17-9-7-13)14-4-5-15(19-2)16(10-14)20-3;/h4-5,10,12-13,17-18H,6-9,11H2,1-3H3;1H. The van der Waals surface area contributed by atoms with Gasteiger partial charge in [0.2, 0.25) is 0 Å². The van der Waals surface area contributed by atoms with Crippen molar-refractivity contribution >= 4 is 12.4 Å². The van der Waals surface area contributed by atoms with Crippen LogP contribution in [0.3, 0.4) is 0 Å². The zero-order chi connectivity index (χ0) is 14.4. The molecule has 120 valence electrons. The molecular formula is C16H27ClN2O2. The van der Waals surface area contributed by atoms with Crippen LogP contribution in [0.5, 0.6) is 11.5 Å². The molecule has 1 aromatic carbocycles.